The van der Waals surface area contributed by atoms with E-state index in [1.54, 1.807) is 0 Å². The summed E-state index contributed by atoms with van der Waals surface area (Å²) in [6.07, 6.45) is 0. The molecule has 0 saturated heterocycles. The Morgan fingerprint density at radius 3 is 2.29 bits per heavy atom. The van der Waals surface area contributed by atoms with Crippen molar-refractivity contribution in [1.29, 1.82) is 0 Å². The van der Waals surface area contributed by atoms with Crippen LogP contribution in [0.15, 0.2) is 61.2 Å². The third-order valence-electron chi connectivity index (χ3n) is 2.16. The summed E-state index contributed by atoms with van der Waals surface area (Å²) in [5, 5.41) is 0. The molecule has 0 bridgehead atoms. The van der Waals surface area contributed by atoms with Gasteiger partial charge in [-0.25, -0.2) is 0 Å². The molecule has 0 aliphatic carbocycles. The van der Waals surface area contributed by atoms with E-state index in [1.807, 2.05) is 42.5 Å². The molecule has 0 saturated carbocycles. The van der Waals surface area contributed by atoms with Crippen LogP contribution in [-0.2, 0) is 0 Å². The molecule has 0 atom stereocenters. The quantitative estimate of drug-likeness (QED) is 0.661. The predicted molar refractivity (Wildman–Crippen MR) is 59.9 cm³/mol. The van der Waals surface area contributed by atoms with Crippen LogP contribution in [0.2, 0.25) is 0 Å². The molecule has 67 valence electrons. The topological polar surface area (TPSA) is 0 Å². The van der Waals surface area contributed by atoms with Crippen LogP contribution in [0.4, 0.5) is 0 Å². The van der Waals surface area contributed by atoms with E-state index in [0.717, 1.165) is 16.7 Å². The monoisotopic (exact) mass is 179 g/mol. The molecule has 0 heterocycles. The van der Waals surface area contributed by atoms with E-state index in [-0.39, 0.29) is 0 Å². The van der Waals surface area contributed by atoms with Gasteiger partial charge in [0.2, 0.25) is 0 Å². The highest BCUT2D eigenvalue weighted by Gasteiger charge is 1.99. The number of hydrogen-bond donors (Lipinski definition) is 0. The van der Waals surface area contributed by atoms with E-state index in [2.05, 4.69) is 24.8 Å². The van der Waals surface area contributed by atoms with Crippen LogP contribution in [0.25, 0.3) is 5.57 Å². The van der Waals surface area contributed by atoms with Gasteiger partial charge in [0, 0.05) is 0 Å². The van der Waals surface area contributed by atoms with Crippen LogP contribution >= 0.6 is 0 Å². The molecule has 0 heteroatoms. The normalized spacial score (nSPS) is 9.71. The average molecular weight is 179 g/mol. The van der Waals surface area contributed by atoms with Gasteiger partial charge in [0.05, 0.1) is 0 Å². The lowest BCUT2D eigenvalue weighted by Gasteiger charge is -2.04. The maximum absolute atomic E-state index is 4.06. The highest BCUT2D eigenvalue weighted by Crippen LogP contribution is 2.19. The van der Waals surface area contributed by atoms with Crippen LogP contribution in [0.3, 0.4) is 0 Å². The van der Waals surface area contributed by atoms with Gasteiger partial charge in [-0.1, -0.05) is 61.2 Å². The summed E-state index contributed by atoms with van der Waals surface area (Å²) in [6, 6.07) is 21.2. The molecule has 2 aromatic rings. The minimum Gasteiger partial charge on any atom is -0.0905 e. The van der Waals surface area contributed by atoms with Gasteiger partial charge in [-0.3, -0.25) is 0 Å². The van der Waals surface area contributed by atoms with E-state index >= 15 is 0 Å². The first kappa shape index (κ1) is 8.76. The van der Waals surface area contributed by atoms with Crippen molar-refractivity contribution in [2.75, 3.05) is 0 Å². The van der Waals surface area contributed by atoms with Crippen LogP contribution in [0, 0.1) is 6.07 Å². The van der Waals surface area contributed by atoms with Gasteiger partial charge in [-0.15, -0.1) is 0 Å². The van der Waals surface area contributed by atoms with E-state index in [0.29, 0.717) is 0 Å². The molecule has 0 nitrogen and oxygen atoms in total. The lowest BCUT2D eigenvalue weighted by atomic mass is 10.0. The molecule has 1 radical (unpaired) electrons. The molecule has 0 amide bonds. The molecule has 14 heavy (non-hydrogen) atoms. The predicted octanol–water partition coefficient (Wildman–Crippen LogP) is 3.55. The Hall–Kier alpha value is -1.82. The first-order valence-corrected chi connectivity index (χ1v) is 4.59. The lowest BCUT2D eigenvalue weighted by molar-refractivity contribution is 1.55. The van der Waals surface area contributed by atoms with Crippen molar-refractivity contribution in [2.45, 2.75) is 0 Å². The van der Waals surface area contributed by atoms with Gasteiger partial charge in [-0.2, -0.15) is 0 Å². The van der Waals surface area contributed by atoms with Gasteiger partial charge >= 0.3 is 0 Å². The van der Waals surface area contributed by atoms with Gasteiger partial charge in [-0.05, 0) is 22.8 Å². The van der Waals surface area contributed by atoms with Crippen molar-refractivity contribution >= 4 is 5.57 Å². The fraction of sp³-hybridized carbons (Fsp3) is 0. The van der Waals surface area contributed by atoms with Gasteiger partial charge in [0.25, 0.3) is 0 Å². The summed E-state index contributed by atoms with van der Waals surface area (Å²) in [7, 11) is 0. The first-order valence-electron chi connectivity index (χ1n) is 4.59. The third kappa shape index (κ3) is 1.74. The summed E-state index contributed by atoms with van der Waals surface area (Å²) in [6.45, 7) is 4.06. The minimum absolute atomic E-state index is 1.02. The van der Waals surface area contributed by atoms with Crippen molar-refractivity contribution < 1.29 is 0 Å². The fourth-order valence-electron chi connectivity index (χ4n) is 1.38. The van der Waals surface area contributed by atoms with Crippen LogP contribution in [0.1, 0.15) is 11.1 Å². The van der Waals surface area contributed by atoms with E-state index in [4.69, 9.17) is 0 Å². The van der Waals surface area contributed by atoms with E-state index in [9.17, 15) is 0 Å². The third-order valence-corrected chi connectivity index (χ3v) is 2.16. The molecule has 2 rings (SSSR count). The van der Waals surface area contributed by atoms with Gasteiger partial charge in [0.15, 0.2) is 0 Å². The van der Waals surface area contributed by atoms with Crippen molar-refractivity contribution in [3.05, 3.63) is 78.4 Å². The van der Waals surface area contributed by atoms with Crippen LogP contribution < -0.4 is 0 Å². The van der Waals surface area contributed by atoms with Crippen LogP contribution in [0.5, 0.6) is 0 Å². The Balaban J connectivity index is 2.35. The molecule has 0 spiro atoms. The second kappa shape index (κ2) is 3.93. The molecule has 0 N–H and O–H groups in total. The molecular formula is C14H11. The Labute approximate surface area is 84.5 Å². The Morgan fingerprint density at radius 2 is 1.64 bits per heavy atom. The molecule has 0 aliphatic heterocycles. The Morgan fingerprint density at radius 1 is 0.929 bits per heavy atom. The number of hydrogen-bond acceptors (Lipinski definition) is 0. The standard InChI is InChI=1S/C14H11/c1-12(13-8-4-2-5-9-13)14-10-6-3-7-11-14/h2-10H,1H2. The zero-order chi connectivity index (χ0) is 9.80. The van der Waals surface area contributed by atoms with Gasteiger partial charge < -0.3 is 0 Å². The Bertz CT molecular complexity index is 371. The second-order valence-electron chi connectivity index (χ2n) is 3.12. The minimum atomic E-state index is 1.02. The lowest BCUT2D eigenvalue weighted by Crippen LogP contribution is -1.84. The van der Waals surface area contributed by atoms with E-state index in [1.165, 1.54) is 0 Å². The molecular weight excluding hydrogens is 168 g/mol. The molecule has 0 unspecified atom stereocenters. The van der Waals surface area contributed by atoms with Gasteiger partial charge in [0.1, 0.15) is 0 Å². The van der Waals surface area contributed by atoms with Crippen molar-refractivity contribution in [2.24, 2.45) is 0 Å². The second-order valence-corrected chi connectivity index (χ2v) is 3.12. The van der Waals surface area contributed by atoms with Crippen molar-refractivity contribution in [3.63, 3.8) is 0 Å². The zero-order valence-corrected chi connectivity index (χ0v) is 7.90. The molecule has 0 fully saturated rings. The largest absolute Gasteiger partial charge is 0.0905 e. The fourth-order valence-corrected chi connectivity index (χ4v) is 1.38. The Kier molecular flexibility index (Phi) is 2.46. The number of rotatable bonds is 2. The highest BCUT2D eigenvalue weighted by atomic mass is 14.0. The average Bonchev–Trinajstić information content (AvgIpc) is 2.30. The van der Waals surface area contributed by atoms with E-state index < -0.39 is 0 Å². The first-order chi connectivity index (χ1) is 6.88. The maximum Gasteiger partial charge on any atom is -0.00992 e. The van der Waals surface area contributed by atoms with Crippen molar-refractivity contribution in [1.82, 2.24) is 0 Å². The summed E-state index contributed by atoms with van der Waals surface area (Å²) in [5.74, 6) is 0. The van der Waals surface area contributed by atoms with Crippen molar-refractivity contribution in [3.8, 4) is 0 Å². The zero-order valence-electron chi connectivity index (χ0n) is 7.90. The summed E-state index contributed by atoms with van der Waals surface area (Å²) in [5.41, 5.74) is 3.22. The number of benzene rings is 2. The molecule has 0 aromatic heterocycles. The highest BCUT2D eigenvalue weighted by molar-refractivity contribution is 5.77. The smallest absolute Gasteiger partial charge is 0.00992 e. The molecule has 2 aromatic carbocycles. The maximum atomic E-state index is 4.06. The summed E-state index contributed by atoms with van der Waals surface area (Å²) < 4.78 is 0. The molecule has 0 aliphatic rings. The SMILES string of the molecule is C=C(c1[c]cccc1)c1ccccc1. The summed E-state index contributed by atoms with van der Waals surface area (Å²) in [4.78, 5) is 0. The summed E-state index contributed by atoms with van der Waals surface area (Å²) >= 11 is 0. The van der Waals surface area contributed by atoms with Crippen LogP contribution in [-0.4, -0.2) is 0 Å².